The molecule has 0 spiro atoms. The number of methoxy groups -OCH3 is 1. The van der Waals surface area contributed by atoms with Crippen LogP contribution in [0.4, 0.5) is 5.69 Å². The first-order chi connectivity index (χ1) is 11.5. The number of ether oxygens (including phenoxy) is 1. The number of fused-ring (bicyclic) bond motifs is 1. The maximum absolute atomic E-state index is 12.6. The second-order valence-corrected chi connectivity index (χ2v) is 6.42. The highest BCUT2D eigenvalue weighted by molar-refractivity contribution is 7.12. The zero-order valence-electron chi connectivity index (χ0n) is 12.9. The summed E-state index contributed by atoms with van der Waals surface area (Å²) in [6, 6.07) is 8.72. The maximum atomic E-state index is 12.6. The van der Waals surface area contributed by atoms with Gasteiger partial charge in [0, 0.05) is 10.4 Å². The third-order valence-corrected chi connectivity index (χ3v) is 4.63. The molecule has 0 radical (unpaired) electrons. The van der Waals surface area contributed by atoms with Crippen molar-refractivity contribution < 1.29 is 14.3 Å². The van der Waals surface area contributed by atoms with Crippen LogP contribution in [0.25, 0.3) is 10.9 Å². The van der Waals surface area contributed by atoms with Gasteiger partial charge in [-0.3, -0.25) is 9.78 Å². The van der Waals surface area contributed by atoms with Crippen molar-refractivity contribution in [3.63, 3.8) is 0 Å². The van der Waals surface area contributed by atoms with Crippen LogP contribution >= 0.6 is 22.9 Å². The molecule has 0 unspecified atom stereocenters. The molecule has 24 heavy (non-hydrogen) atoms. The summed E-state index contributed by atoms with van der Waals surface area (Å²) in [4.78, 5) is 29.1. The van der Waals surface area contributed by atoms with E-state index >= 15 is 0 Å². The summed E-state index contributed by atoms with van der Waals surface area (Å²) >= 11 is 7.20. The van der Waals surface area contributed by atoms with Crippen molar-refractivity contribution in [3.8, 4) is 0 Å². The van der Waals surface area contributed by atoms with Crippen LogP contribution in [0.2, 0.25) is 5.02 Å². The van der Waals surface area contributed by atoms with E-state index in [1.807, 2.05) is 0 Å². The van der Waals surface area contributed by atoms with Crippen LogP contribution in [-0.4, -0.2) is 24.0 Å². The van der Waals surface area contributed by atoms with Crippen LogP contribution in [0, 0.1) is 6.92 Å². The molecule has 5 nitrogen and oxygen atoms in total. The maximum Gasteiger partial charge on any atom is 0.350 e. The summed E-state index contributed by atoms with van der Waals surface area (Å²) in [5.41, 5.74) is 2.20. The lowest BCUT2D eigenvalue weighted by Crippen LogP contribution is -2.15. The molecule has 2 heterocycles. The van der Waals surface area contributed by atoms with Crippen molar-refractivity contribution in [2.45, 2.75) is 6.92 Å². The average Bonchev–Trinajstić information content (AvgIpc) is 3.01. The van der Waals surface area contributed by atoms with Crippen LogP contribution < -0.4 is 5.32 Å². The number of hydrogen-bond acceptors (Lipinski definition) is 5. The van der Waals surface area contributed by atoms with Gasteiger partial charge in [0.15, 0.2) is 0 Å². The van der Waals surface area contributed by atoms with Crippen molar-refractivity contribution in [1.82, 2.24) is 4.98 Å². The molecular weight excluding hydrogens is 348 g/mol. The Morgan fingerprint density at radius 1 is 1.25 bits per heavy atom. The number of anilines is 1. The van der Waals surface area contributed by atoms with E-state index in [9.17, 15) is 9.59 Å². The normalized spacial score (nSPS) is 10.6. The molecule has 0 aliphatic carbocycles. The fourth-order valence-electron chi connectivity index (χ4n) is 2.32. The van der Waals surface area contributed by atoms with E-state index in [1.165, 1.54) is 18.4 Å². The van der Waals surface area contributed by atoms with Crippen molar-refractivity contribution in [1.29, 1.82) is 0 Å². The Kier molecular flexibility index (Phi) is 4.51. The molecule has 0 saturated heterocycles. The van der Waals surface area contributed by atoms with E-state index < -0.39 is 5.97 Å². The van der Waals surface area contributed by atoms with E-state index in [0.717, 1.165) is 10.9 Å². The second-order valence-electron chi connectivity index (χ2n) is 5.07. The fraction of sp³-hybridized carbons (Fsp3) is 0.118. The monoisotopic (exact) mass is 360 g/mol. The number of nitrogens with zero attached hydrogens (tertiary/aromatic N) is 1. The number of aromatic nitrogens is 1. The van der Waals surface area contributed by atoms with Crippen LogP contribution in [0.1, 0.15) is 25.7 Å². The van der Waals surface area contributed by atoms with Crippen molar-refractivity contribution in [2.75, 3.05) is 12.4 Å². The van der Waals surface area contributed by atoms with Gasteiger partial charge in [-0.15, -0.1) is 11.3 Å². The Morgan fingerprint density at radius 2 is 2.04 bits per heavy atom. The topological polar surface area (TPSA) is 68.3 Å². The number of esters is 1. The number of rotatable bonds is 3. The fourth-order valence-corrected chi connectivity index (χ4v) is 3.27. The Bertz CT molecular complexity index is 952. The lowest BCUT2D eigenvalue weighted by atomic mass is 10.1. The number of carbonyl (C=O) groups is 2. The molecule has 1 amide bonds. The lowest BCUT2D eigenvalue weighted by molar-refractivity contribution is 0.0607. The minimum atomic E-state index is -0.486. The number of halogens is 1. The third-order valence-electron chi connectivity index (χ3n) is 3.50. The minimum absolute atomic E-state index is 0.342. The first kappa shape index (κ1) is 16.4. The number of benzene rings is 1. The van der Waals surface area contributed by atoms with Gasteiger partial charge in [-0.25, -0.2) is 4.79 Å². The molecule has 2 aromatic heterocycles. The van der Waals surface area contributed by atoms with Crippen molar-refractivity contribution >= 4 is 51.4 Å². The van der Waals surface area contributed by atoms with Crippen LogP contribution in [0.15, 0.2) is 35.7 Å². The second kappa shape index (κ2) is 6.59. The Labute approximate surface area is 147 Å². The summed E-state index contributed by atoms with van der Waals surface area (Å²) in [5.74, 6) is -0.828. The molecule has 0 atom stereocenters. The largest absolute Gasteiger partial charge is 0.465 e. The zero-order chi connectivity index (χ0) is 17.3. The SMILES string of the molecule is COC(=O)c1sccc1NC(=O)c1cc2cc(Cl)ccc2nc1C. The van der Waals surface area contributed by atoms with Gasteiger partial charge in [-0.05, 0) is 42.6 Å². The molecule has 1 aromatic carbocycles. The van der Waals surface area contributed by atoms with Gasteiger partial charge in [-0.1, -0.05) is 11.6 Å². The molecule has 0 aliphatic rings. The van der Waals surface area contributed by atoms with Gasteiger partial charge < -0.3 is 10.1 Å². The molecule has 122 valence electrons. The van der Waals surface area contributed by atoms with Crippen LogP contribution in [-0.2, 0) is 4.74 Å². The molecule has 3 rings (SSSR count). The van der Waals surface area contributed by atoms with E-state index in [0.29, 0.717) is 26.8 Å². The van der Waals surface area contributed by atoms with Crippen LogP contribution in [0.5, 0.6) is 0 Å². The highest BCUT2D eigenvalue weighted by Gasteiger charge is 2.18. The van der Waals surface area contributed by atoms with Gasteiger partial charge in [0.2, 0.25) is 0 Å². The first-order valence-electron chi connectivity index (χ1n) is 7.03. The summed E-state index contributed by atoms with van der Waals surface area (Å²) < 4.78 is 4.71. The van der Waals surface area contributed by atoms with E-state index in [4.69, 9.17) is 16.3 Å². The number of nitrogens with one attached hydrogen (secondary N) is 1. The zero-order valence-corrected chi connectivity index (χ0v) is 14.5. The number of carbonyl (C=O) groups excluding carboxylic acids is 2. The Hall–Kier alpha value is -2.44. The molecule has 7 heteroatoms. The smallest absolute Gasteiger partial charge is 0.350 e. The molecular formula is C17H13ClN2O3S. The molecule has 0 fully saturated rings. The van der Waals surface area contributed by atoms with E-state index in [1.54, 1.807) is 42.6 Å². The third kappa shape index (κ3) is 3.11. The molecule has 0 aliphatic heterocycles. The molecule has 0 saturated carbocycles. The number of pyridine rings is 1. The standard InChI is InChI=1S/C17H13ClN2O3S/c1-9-12(8-10-7-11(18)3-4-13(10)19-9)16(21)20-14-5-6-24-15(14)17(22)23-2/h3-8H,1-2H3,(H,20,21). The van der Waals surface area contributed by atoms with E-state index in [-0.39, 0.29) is 5.91 Å². The summed E-state index contributed by atoms with van der Waals surface area (Å²) in [6.45, 7) is 1.76. The number of thiophene rings is 1. The predicted octanol–water partition coefficient (Wildman–Crippen LogP) is 4.30. The predicted molar refractivity (Wildman–Crippen MR) is 95.1 cm³/mol. The lowest BCUT2D eigenvalue weighted by Gasteiger charge is -2.09. The van der Waals surface area contributed by atoms with Gasteiger partial charge >= 0.3 is 5.97 Å². The first-order valence-corrected chi connectivity index (χ1v) is 8.29. The number of amides is 1. The van der Waals surface area contributed by atoms with Gasteiger partial charge in [-0.2, -0.15) is 0 Å². The molecule has 3 aromatic rings. The highest BCUT2D eigenvalue weighted by atomic mass is 35.5. The van der Waals surface area contributed by atoms with Gasteiger partial charge in [0.25, 0.3) is 5.91 Å². The minimum Gasteiger partial charge on any atom is -0.465 e. The number of hydrogen-bond donors (Lipinski definition) is 1. The number of aryl methyl sites for hydroxylation is 1. The summed E-state index contributed by atoms with van der Waals surface area (Å²) in [7, 11) is 1.30. The Morgan fingerprint density at radius 3 is 2.79 bits per heavy atom. The molecule has 0 bridgehead atoms. The quantitative estimate of drug-likeness (QED) is 0.707. The van der Waals surface area contributed by atoms with Crippen molar-refractivity contribution in [3.05, 3.63) is 56.9 Å². The van der Waals surface area contributed by atoms with Crippen molar-refractivity contribution in [2.24, 2.45) is 0 Å². The Balaban J connectivity index is 1.96. The molecule has 1 N–H and O–H groups in total. The summed E-state index contributed by atoms with van der Waals surface area (Å²) in [6.07, 6.45) is 0. The van der Waals surface area contributed by atoms with E-state index in [2.05, 4.69) is 10.3 Å². The van der Waals surface area contributed by atoms with Gasteiger partial charge in [0.05, 0.1) is 29.6 Å². The highest BCUT2D eigenvalue weighted by Crippen LogP contribution is 2.25. The summed E-state index contributed by atoms with van der Waals surface area (Å²) in [5, 5.41) is 5.80. The van der Waals surface area contributed by atoms with Gasteiger partial charge in [0.1, 0.15) is 4.88 Å². The average molecular weight is 361 g/mol. The van der Waals surface area contributed by atoms with Crippen LogP contribution in [0.3, 0.4) is 0 Å².